The van der Waals surface area contributed by atoms with E-state index >= 15 is 0 Å². The molecule has 0 amide bonds. The highest BCUT2D eigenvalue weighted by molar-refractivity contribution is 8.01. The molecule has 3 fully saturated rings. The first-order valence-electron chi connectivity index (χ1n) is 8.14. The first kappa shape index (κ1) is 13.3. The summed E-state index contributed by atoms with van der Waals surface area (Å²) in [6.07, 6.45) is 17.6. The van der Waals surface area contributed by atoms with Crippen molar-refractivity contribution in [1.29, 1.82) is 0 Å². The maximum atomic E-state index is 6.16. The highest BCUT2D eigenvalue weighted by Gasteiger charge is 2.54. The second-order valence-electron chi connectivity index (χ2n) is 7.18. The fraction of sp³-hybridized carbons (Fsp3) is 1.00. The van der Waals surface area contributed by atoms with E-state index in [9.17, 15) is 0 Å². The van der Waals surface area contributed by atoms with Crippen LogP contribution in [0.25, 0.3) is 0 Å². The largest absolute Gasteiger partial charge is 0.329 e. The van der Waals surface area contributed by atoms with Gasteiger partial charge in [-0.1, -0.05) is 38.5 Å². The highest BCUT2D eigenvalue weighted by Crippen LogP contribution is 2.62. The summed E-state index contributed by atoms with van der Waals surface area (Å²) in [7, 11) is 0. The second kappa shape index (κ2) is 5.36. The quantitative estimate of drug-likeness (QED) is 0.815. The zero-order valence-corrected chi connectivity index (χ0v) is 12.6. The maximum absolute atomic E-state index is 6.16. The van der Waals surface area contributed by atoms with Gasteiger partial charge in [0.2, 0.25) is 0 Å². The van der Waals surface area contributed by atoms with Crippen LogP contribution < -0.4 is 5.73 Å². The Morgan fingerprint density at radius 1 is 0.889 bits per heavy atom. The van der Waals surface area contributed by atoms with E-state index in [1.807, 2.05) is 0 Å². The average Bonchev–Trinajstić information content (AvgIpc) is 2.71. The van der Waals surface area contributed by atoms with Crippen LogP contribution in [0.15, 0.2) is 0 Å². The Bertz CT molecular complexity index is 267. The molecule has 3 aliphatic carbocycles. The van der Waals surface area contributed by atoms with E-state index in [2.05, 4.69) is 11.8 Å². The van der Waals surface area contributed by atoms with E-state index in [0.29, 0.717) is 4.75 Å². The Balaban J connectivity index is 1.58. The number of thioether (sulfide) groups is 1. The molecule has 0 saturated heterocycles. The lowest BCUT2D eigenvalue weighted by molar-refractivity contribution is 0.0656. The van der Waals surface area contributed by atoms with Gasteiger partial charge < -0.3 is 5.73 Å². The summed E-state index contributed by atoms with van der Waals surface area (Å²) in [6, 6.07) is 0. The van der Waals surface area contributed by atoms with Crippen molar-refractivity contribution in [1.82, 2.24) is 0 Å². The Kier molecular flexibility index (Phi) is 3.96. The summed E-state index contributed by atoms with van der Waals surface area (Å²) >= 11 is 2.29. The van der Waals surface area contributed by atoms with Gasteiger partial charge >= 0.3 is 0 Å². The van der Waals surface area contributed by atoms with E-state index in [-0.39, 0.29) is 0 Å². The highest BCUT2D eigenvalue weighted by atomic mass is 32.2. The molecular formula is C16H29NS. The van der Waals surface area contributed by atoms with Crippen molar-refractivity contribution in [2.45, 2.75) is 87.0 Å². The molecular weight excluding hydrogens is 238 g/mol. The fourth-order valence-corrected chi connectivity index (χ4v) is 6.93. The Morgan fingerprint density at radius 2 is 1.50 bits per heavy atom. The SMILES string of the molecule is NCC1(SC2CCCC2)CC2(CCCCCC2)C1. The Labute approximate surface area is 117 Å². The smallest absolute Gasteiger partial charge is 0.0295 e. The van der Waals surface area contributed by atoms with Gasteiger partial charge in [0.05, 0.1) is 0 Å². The number of hydrogen-bond donors (Lipinski definition) is 1. The number of hydrogen-bond acceptors (Lipinski definition) is 2. The van der Waals surface area contributed by atoms with Gasteiger partial charge in [0.1, 0.15) is 0 Å². The number of rotatable bonds is 3. The van der Waals surface area contributed by atoms with Crippen molar-refractivity contribution in [3.63, 3.8) is 0 Å². The standard InChI is InChI=1S/C16H29NS/c17-13-16(18-14-7-3-4-8-14)11-15(12-16)9-5-1-2-6-10-15/h14H,1-13,17H2. The molecule has 0 heterocycles. The minimum absolute atomic E-state index is 0.485. The molecule has 1 spiro atoms. The van der Waals surface area contributed by atoms with Crippen LogP contribution >= 0.6 is 11.8 Å². The van der Waals surface area contributed by atoms with Gasteiger partial charge in [-0.05, 0) is 43.9 Å². The molecule has 0 aliphatic heterocycles. The lowest BCUT2D eigenvalue weighted by Gasteiger charge is -2.57. The van der Waals surface area contributed by atoms with E-state index in [1.54, 1.807) is 0 Å². The molecule has 1 nitrogen and oxygen atoms in total. The first-order chi connectivity index (χ1) is 8.76. The van der Waals surface area contributed by atoms with E-state index in [4.69, 9.17) is 5.73 Å². The molecule has 3 saturated carbocycles. The zero-order chi connectivity index (χ0) is 12.5. The number of nitrogens with two attached hydrogens (primary N) is 1. The molecule has 0 radical (unpaired) electrons. The van der Waals surface area contributed by atoms with Crippen LogP contribution in [0.2, 0.25) is 0 Å². The zero-order valence-electron chi connectivity index (χ0n) is 11.8. The van der Waals surface area contributed by atoms with Crippen LogP contribution in [0.1, 0.15) is 77.0 Å². The van der Waals surface area contributed by atoms with E-state index in [0.717, 1.165) is 17.2 Å². The summed E-state index contributed by atoms with van der Waals surface area (Å²) < 4.78 is 0.485. The second-order valence-corrected chi connectivity index (χ2v) is 8.95. The van der Waals surface area contributed by atoms with Crippen LogP contribution in [-0.4, -0.2) is 16.5 Å². The lowest BCUT2D eigenvalue weighted by Crippen LogP contribution is -2.54. The molecule has 104 valence electrons. The minimum atomic E-state index is 0.485. The van der Waals surface area contributed by atoms with Crippen molar-refractivity contribution in [2.75, 3.05) is 6.54 Å². The molecule has 0 aromatic carbocycles. The van der Waals surface area contributed by atoms with Crippen molar-refractivity contribution >= 4 is 11.8 Å². The van der Waals surface area contributed by atoms with Gasteiger partial charge in [0, 0.05) is 16.5 Å². The van der Waals surface area contributed by atoms with Gasteiger partial charge in [0.25, 0.3) is 0 Å². The van der Waals surface area contributed by atoms with Gasteiger partial charge in [-0.15, -0.1) is 0 Å². The Hall–Kier alpha value is 0.310. The fourth-order valence-electron chi connectivity index (χ4n) is 4.78. The molecule has 2 heteroatoms. The van der Waals surface area contributed by atoms with Crippen molar-refractivity contribution in [3.05, 3.63) is 0 Å². The van der Waals surface area contributed by atoms with Gasteiger partial charge in [-0.3, -0.25) is 0 Å². The summed E-state index contributed by atoms with van der Waals surface area (Å²) in [5.74, 6) is 0. The molecule has 3 rings (SSSR count). The van der Waals surface area contributed by atoms with Crippen LogP contribution in [0.4, 0.5) is 0 Å². The average molecular weight is 267 g/mol. The van der Waals surface area contributed by atoms with E-state index in [1.165, 1.54) is 77.0 Å². The van der Waals surface area contributed by atoms with Crippen LogP contribution in [-0.2, 0) is 0 Å². The van der Waals surface area contributed by atoms with Crippen molar-refractivity contribution < 1.29 is 0 Å². The first-order valence-corrected chi connectivity index (χ1v) is 9.02. The lowest BCUT2D eigenvalue weighted by atomic mass is 9.58. The molecule has 2 N–H and O–H groups in total. The monoisotopic (exact) mass is 267 g/mol. The van der Waals surface area contributed by atoms with E-state index < -0.39 is 0 Å². The summed E-state index contributed by atoms with van der Waals surface area (Å²) in [5, 5.41) is 0.941. The molecule has 0 aromatic heterocycles. The van der Waals surface area contributed by atoms with Crippen LogP contribution in [0, 0.1) is 5.41 Å². The Morgan fingerprint density at radius 3 is 2.06 bits per heavy atom. The summed E-state index contributed by atoms with van der Waals surface area (Å²) in [4.78, 5) is 0. The molecule has 0 unspecified atom stereocenters. The third-order valence-corrected chi connectivity index (χ3v) is 7.41. The van der Waals surface area contributed by atoms with Gasteiger partial charge in [-0.25, -0.2) is 0 Å². The molecule has 18 heavy (non-hydrogen) atoms. The summed E-state index contributed by atoms with van der Waals surface area (Å²) in [5.41, 5.74) is 6.88. The normalized spacial score (nSPS) is 31.2. The maximum Gasteiger partial charge on any atom is 0.0295 e. The topological polar surface area (TPSA) is 26.0 Å². The van der Waals surface area contributed by atoms with Crippen LogP contribution in [0.5, 0.6) is 0 Å². The molecule has 0 bridgehead atoms. The predicted molar refractivity (Wildman–Crippen MR) is 81.0 cm³/mol. The van der Waals surface area contributed by atoms with Gasteiger partial charge in [-0.2, -0.15) is 11.8 Å². The van der Waals surface area contributed by atoms with Crippen molar-refractivity contribution in [2.24, 2.45) is 11.1 Å². The minimum Gasteiger partial charge on any atom is -0.329 e. The predicted octanol–water partition coefficient (Wildman–Crippen LogP) is 4.49. The van der Waals surface area contributed by atoms with Crippen LogP contribution in [0.3, 0.4) is 0 Å². The third kappa shape index (κ3) is 2.60. The summed E-state index contributed by atoms with van der Waals surface area (Å²) in [6.45, 7) is 0.927. The molecule has 0 aromatic rings. The molecule has 3 aliphatic rings. The third-order valence-electron chi connectivity index (χ3n) is 5.65. The van der Waals surface area contributed by atoms with Gasteiger partial charge in [0.15, 0.2) is 0 Å². The molecule has 0 atom stereocenters. The van der Waals surface area contributed by atoms with Crippen molar-refractivity contribution in [3.8, 4) is 0 Å².